The fourth-order valence-corrected chi connectivity index (χ4v) is 2.11. The van der Waals surface area contributed by atoms with E-state index in [1.54, 1.807) is 17.7 Å². The third-order valence-corrected chi connectivity index (χ3v) is 3.12. The molecule has 0 saturated carbocycles. The smallest absolute Gasteiger partial charge is 0.320 e. The lowest BCUT2D eigenvalue weighted by atomic mass is 10.1. The van der Waals surface area contributed by atoms with Gasteiger partial charge in [0.1, 0.15) is 6.04 Å². The van der Waals surface area contributed by atoms with E-state index in [2.05, 4.69) is 0 Å². The van der Waals surface area contributed by atoms with E-state index >= 15 is 0 Å². The van der Waals surface area contributed by atoms with Crippen LogP contribution >= 0.6 is 0 Å². The van der Waals surface area contributed by atoms with Gasteiger partial charge in [0.05, 0.1) is 5.52 Å². The second-order valence-corrected chi connectivity index (χ2v) is 4.44. The van der Waals surface area contributed by atoms with Gasteiger partial charge >= 0.3 is 5.97 Å². The molecule has 0 amide bonds. The van der Waals surface area contributed by atoms with Crippen LogP contribution < -0.4 is 5.73 Å². The van der Waals surface area contributed by atoms with Crippen LogP contribution in [0.25, 0.3) is 10.9 Å². The molecule has 0 aliphatic carbocycles. The predicted molar refractivity (Wildman–Crippen MR) is 72.2 cm³/mol. The standard InChI is InChI=1S/C14H16N2O3/c1-2-13(17)16-8-9(7-11(15)14(18)19)10-5-3-4-6-12(10)16/h3-6,8,11H,2,7,15H2,1H3,(H,18,19). The quantitative estimate of drug-likeness (QED) is 0.875. The van der Waals surface area contributed by atoms with Gasteiger partial charge in [0.25, 0.3) is 0 Å². The maximum absolute atomic E-state index is 11.9. The Morgan fingerprint density at radius 3 is 2.68 bits per heavy atom. The number of nitrogens with two attached hydrogens (primary N) is 1. The molecule has 0 radical (unpaired) electrons. The molecule has 100 valence electrons. The molecule has 0 fully saturated rings. The van der Waals surface area contributed by atoms with Gasteiger partial charge in [-0.25, -0.2) is 0 Å². The summed E-state index contributed by atoms with van der Waals surface area (Å²) < 4.78 is 1.57. The summed E-state index contributed by atoms with van der Waals surface area (Å²) in [6.07, 6.45) is 2.29. The molecule has 1 heterocycles. The first-order valence-electron chi connectivity index (χ1n) is 6.15. The van der Waals surface area contributed by atoms with Crippen LogP contribution in [0.4, 0.5) is 0 Å². The van der Waals surface area contributed by atoms with Gasteiger partial charge in [0, 0.05) is 24.4 Å². The van der Waals surface area contributed by atoms with Crippen LogP contribution in [0.5, 0.6) is 0 Å². The third-order valence-electron chi connectivity index (χ3n) is 3.12. The largest absolute Gasteiger partial charge is 0.480 e. The number of hydrogen-bond acceptors (Lipinski definition) is 3. The van der Waals surface area contributed by atoms with Crippen molar-refractivity contribution < 1.29 is 14.7 Å². The highest BCUT2D eigenvalue weighted by molar-refractivity contribution is 5.94. The van der Waals surface area contributed by atoms with Crippen LogP contribution in [-0.4, -0.2) is 27.6 Å². The number of carboxylic acids is 1. The number of fused-ring (bicyclic) bond motifs is 1. The summed E-state index contributed by atoms with van der Waals surface area (Å²) >= 11 is 0. The van der Waals surface area contributed by atoms with Crippen molar-refractivity contribution in [2.24, 2.45) is 5.73 Å². The Kier molecular flexibility index (Phi) is 3.66. The molecule has 1 aromatic carbocycles. The summed E-state index contributed by atoms with van der Waals surface area (Å²) in [5, 5.41) is 9.75. The molecule has 5 nitrogen and oxygen atoms in total. The fourth-order valence-electron chi connectivity index (χ4n) is 2.11. The number of rotatable bonds is 4. The second-order valence-electron chi connectivity index (χ2n) is 4.44. The molecule has 0 bridgehead atoms. The van der Waals surface area contributed by atoms with Gasteiger partial charge < -0.3 is 10.8 Å². The van der Waals surface area contributed by atoms with Crippen LogP contribution in [0.1, 0.15) is 23.7 Å². The molecule has 2 rings (SSSR count). The SMILES string of the molecule is CCC(=O)n1cc(CC(N)C(=O)O)c2ccccc21. The van der Waals surface area contributed by atoms with E-state index in [1.165, 1.54) is 0 Å². The molecule has 0 aliphatic rings. The van der Waals surface area contributed by atoms with Crippen molar-refractivity contribution in [3.63, 3.8) is 0 Å². The Labute approximate surface area is 110 Å². The number of aliphatic carboxylic acids is 1. The van der Waals surface area contributed by atoms with Crippen molar-refractivity contribution in [2.45, 2.75) is 25.8 Å². The average Bonchev–Trinajstić information content (AvgIpc) is 2.77. The van der Waals surface area contributed by atoms with Crippen LogP contribution in [-0.2, 0) is 11.2 Å². The predicted octanol–water partition coefficient (Wildman–Crippen LogP) is 1.65. The molecule has 0 saturated heterocycles. The Hall–Kier alpha value is -2.14. The summed E-state index contributed by atoms with van der Waals surface area (Å²) in [7, 11) is 0. The molecule has 1 unspecified atom stereocenters. The highest BCUT2D eigenvalue weighted by Crippen LogP contribution is 2.22. The molecular weight excluding hydrogens is 244 g/mol. The van der Waals surface area contributed by atoms with Gasteiger partial charge in [-0.1, -0.05) is 25.1 Å². The second kappa shape index (κ2) is 5.24. The minimum absolute atomic E-state index is 0.0219. The van der Waals surface area contributed by atoms with Gasteiger partial charge in [-0.05, 0) is 11.6 Å². The van der Waals surface area contributed by atoms with Crippen molar-refractivity contribution >= 4 is 22.8 Å². The van der Waals surface area contributed by atoms with Gasteiger partial charge in [0.2, 0.25) is 5.91 Å². The van der Waals surface area contributed by atoms with Crippen molar-refractivity contribution in [3.05, 3.63) is 36.0 Å². The summed E-state index contributed by atoms with van der Waals surface area (Å²) in [6, 6.07) is 6.47. The number of nitrogens with zero attached hydrogens (tertiary/aromatic N) is 1. The fraction of sp³-hybridized carbons (Fsp3) is 0.286. The molecule has 0 spiro atoms. The van der Waals surface area contributed by atoms with E-state index in [9.17, 15) is 9.59 Å². The number of carbonyl (C=O) groups is 2. The summed E-state index contributed by atoms with van der Waals surface area (Å²) in [5.74, 6) is -1.06. The van der Waals surface area contributed by atoms with Crippen molar-refractivity contribution in [3.8, 4) is 0 Å². The van der Waals surface area contributed by atoms with E-state index in [0.717, 1.165) is 16.5 Å². The topological polar surface area (TPSA) is 85.3 Å². The number of hydrogen-bond donors (Lipinski definition) is 2. The maximum Gasteiger partial charge on any atom is 0.320 e. The number of carboxylic acid groups (broad SMARTS) is 1. The molecular formula is C14H16N2O3. The highest BCUT2D eigenvalue weighted by atomic mass is 16.4. The van der Waals surface area contributed by atoms with E-state index in [0.29, 0.717) is 6.42 Å². The monoisotopic (exact) mass is 260 g/mol. The zero-order valence-corrected chi connectivity index (χ0v) is 10.7. The molecule has 0 aliphatic heterocycles. The van der Waals surface area contributed by atoms with Crippen molar-refractivity contribution in [1.82, 2.24) is 4.57 Å². The Morgan fingerprint density at radius 1 is 1.37 bits per heavy atom. The number of aromatic nitrogens is 1. The summed E-state index contributed by atoms with van der Waals surface area (Å²) in [6.45, 7) is 1.79. The zero-order valence-electron chi connectivity index (χ0n) is 10.7. The van der Waals surface area contributed by atoms with Crippen LogP contribution in [0.2, 0.25) is 0 Å². The summed E-state index contributed by atoms with van der Waals surface area (Å²) in [5.41, 5.74) is 7.14. The Morgan fingerprint density at radius 2 is 2.05 bits per heavy atom. The molecule has 2 aromatic rings. The average molecular weight is 260 g/mol. The van der Waals surface area contributed by atoms with Gasteiger partial charge in [0.15, 0.2) is 0 Å². The van der Waals surface area contributed by atoms with Gasteiger partial charge in [-0.3, -0.25) is 14.2 Å². The minimum Gasteiger partial charge on any atom is -0.480 e. The van der Waals surface area contributed by atoms with Crippen LogP contribution in [0, 0.1) is 0 Å². The molecule has 19 heavy (non-hydrogen) atoms. The van der Waals surface area contributed by atoms with E-state index in [4.69, 9.17) is 10.8 Å². The zero-order chi connectivity index (χ0) is 14.0. The van der Waals surface area contributed by atoms with Crippen LogP contribution in [0.15, 0.2) is 30.5 Å². The highest BCUT2D eigenvalue weighted by Gasteiger charge is 2.17. The van der Waals surface area contributed by atoms with E-state index < -0.39 is 12.0 Å². The van der Waals surface area contributed by atoms with Gasteiger partial charge in [-0.2, -0.15) is 0 Å². The normalized spacial score (nSPS) is 12.5. The van der Waals surface area contributed by atoms with Crippen molar-refractivity contribution in [2.75, 3.05) is 0 Å². The Balaban J connectivity index is 2.50. The third kappa shape index (κ3) is 2.51. The number of benzene rings is 1. The van der Waals surface area contributed by atoms with E-state index in [1.807, 2.05) is 24.3 Å². The summed E-state index contributed by atoms with van der Waals surface area (Å²) in [4.78, 5) is 22.7. The first-order valence-corrected chi connectivity index (χ1v) is 6.15. The van der Waals surface area contributed by atoms with Gasteiger partial charge in [-0.15, -0.1) is 0 Å². The van der Waals surface area contributed by atoms with Crippen LogP contribution in [0.3, 0.4) is 0 Å². The Bertz CT molecular complexity index is 631. The molecule has 1 aromatic heterocycles. The molecule has 3 N–H and O–H groups in total. The minimum atomic E-state index is -1.04. The lowest BCUT2D eigenvalue weighted by Crippen LogP contribution is -2.32. The van der Waals surface area contributed by atoms with Crippen molar-refractivity contribution in [1.29, 1.82) is 0 Å². The number of para-hydroxylation sites is 1. The lowest BCUT2D eigenvalue weighted by Gasteiger charge is -2.04. The first kappa shape index (κ1) is 13.3. The molecule has 5 heteroatoms. The molecule has 1 atom stereocenters. The number of carbonyl (C=O) groups excluding carboxylic acids is 1. The first-order chi connectivity index (χ1) is 9.04. The van der Waals surface area contributed by atoms with E-state index in [-0.39, 0.29) is 12.3 Å². The lowest BCUT2D eigenvalue weighted by molar-refractivity contribution is -0.138. The maximum atomic E-state index is 11.9.